The normalized spacial score (nSPS) is 11.6. The van der Waals surface area contributed by atoms with Crippen molar-refractivity contribution >= 4 is 12.2 Å². The van der Waals surface area contributed by atoms with Crippen molar-refractivity contribution in [3.63, 3.8) is 0 Å². The summed E-state index contributed by atoms with van der Waals surface area (Å²) >= 11 is 0. The summed E-state index contributed by atoms with van der Waals surface area (Å²) in [6.07, 6.45) is 4.42. The van der Waals surface area contributed by atoms with Gasteiger partial charge in [-0.1, -0.05) is 36.4 Å². The van der Waals surface area contributed by atoms with Crippen LogP contribution in [0.4, 0.5) is 4.79 Å². The summed E-state index contributed by atoms with van der Waals surface area (Å²) in [6, 6.07) is 8.07. The van der Waals surface area contributed by atoms with E-state index in [0.29, 0.717) is 13.1 Å². The smallest absolute Gasteiger partial charge is 0.407 e. The van der Waals surface area contributed by atoms with Crippen LogP contribution in [0.15, 0.2) is 30.3 Å². The predicted octanol–water partition coefficient (Wildman–Crippen LogP) is 3.07. The molecule has 4 heteroatoms. The Kier molecular flexibility index (Phi) is 6.25. The first kappa shape index (κ1) is 16.2. The molecular weight excluding hydrogens is 252 g/mol. The van der Waals surface area contributed by atoms with Crippen LogP contribution in [0.3, 0.4) is 0 Å². The van der Waals surface area contributed by atoms with E-state index in [1.54, 1.807) is 0 Å². The molecule has 0 saturated heterocycles. The number of benzene rings is 1. The lowest BCUT2D eigenvalue weighted by Gasteiger charge is -2.19. The topological polar surface area (TPSA) is 64.3 Å². The number of amides is 1. The van der Waals surface area contributed by atoms with E-state index in [1.165, 1.54) is 0 Å². The van der Waals surface area contributed by atoms with Gasteiger partial charge in [-0.2, -0.15) is 0 Å². The minimum Gasteiger partial charge on any atom is -0.444 e. The molecule has 20 heavy (non-hydrogen) atoms. The molecule has 0 saturated carbocycles. The summed E-state index contributed by atoms with van der Waals surface area (Å²) in [7, 11) is 0. The number of hydrogen-bond donors (Lipinski definition) is 2. The molecule has 1 aromatic carbocycles. The van der Waals surface area contributed by atoms with E-state index in [0.717, 1.165) is 17.5 Å². The Balaban J connectivity index is 2.30. The Bertz CT molecular complexity index is 462. The van der Waals surface area contributed by atoms with Gasteiger partial charge in [-0.25, -0.2) is 4.79 Å². The lowest BCUT2D eigenvalue weighted by Crippen LogP contribution is -2.32. The quantitative estimate of drug-likeness (QED) is 0.812. The summed E-state index contributed by atoms with van der Waals surface area (Å²) in [5.74, 6) is 0. The summed E-state index contributed by atoms with van der Waals surface area (Å²) in [6.45, 7) is 6.63. The van der Waals surface area contributed by atoms with Crippen LogP contribution < -0.4 is 11.1 Å². The molecule has 0 aromatic heterocycles. The fourth-order valence-electron chi connectivity index (χ4n) is 1.61. The second-order valence-corrected chi connectivity index (χ2v) is 5.57. The number of nitrogens with two attached hydrogens (primary N) is 1. The summed E-state index contributed by atoms with van der Waals surface area (Å²) < 4.78 is 5.14. The second-order valence-electron chi connectivity index (χ2n) is 5.57. The fourth-order valence-corrected chi connectivity index (χ4v) is 1.61. The molecule has 0 spiro atoms. The molecule has 0 bridgehead atoms. The Morgan fingerprint density at radius 1 is 1.40 bits per heavy atom. The molecule has 0 unspecified atom stereocenters. The molecule has 3 N–H and O–H groups in total. The van der Waals surface area contributed by atoms with Crippen LogP contribution in [0.1, 0.15) is 38.3 Å². The van der Waals surface area contributed by atoms with Crippen LogP contribution in [0.2, 0.25) is 0 Å². The predicted molar refractivity (Wildman–Crippen MR) is 82.2 cm³/mol. The third kappa shape index (κ3) is 6.95. The van der Waals surface area contributed by atoms with E-state index < -0.39 is 5.60 Å². The molecule has 0 aliphatic carbocycles. The average Bonchev–Trinajstić information content (AvgIpc) is 2.36. The molecule has 0 fully saturated rings. The van der Waals surface area contributed by atoms with E-state index in [1.807, 2.05) is 51.1 Å². The van der Waals surface area contributed by atoms with Crippen molar-refractivity contribution in [1.29, 1.82) is 0 Å². The van der Waals surface area contributed by atoms with Gasteiger partial charge in [0.25, 0.3) is 0 Å². The van der Waals surface area contributed by atoms with Gasteiger partial charge in [-0.05, 0) is 38.3 Å². The number of carbonyl (C=O) groups is 1. The van der Waals surface area contributed by atoms with Crippen molar-refractivity contribution < 1.29 is 9.53 Å². The highest BCUT2D eigenvalue weighted by Crippen LogP contribution is 2.07. The van der Waals surface area contributed by atoms with Crippen molar-refractivity contribution in [3.8, 4) is 0 Å². The maximum Gasteiger partial charge on any atom is 0.407 e. The van der Waals surface area contributed by atoms with Crippen LogP contribution in [-0.4, -0.2) is 18.2 Å². The van der Waals surface area contributed by atoms with E-state index in [2.05, 4.69) is 11.4 Å². The molecule has 110 valence electrons. The van der Waals surface area contributed by atoms with Crippen molar-refractivity contribution in [2.45, 2.75) is 39.3 Å². The largest absolute Gasteiger partial charge is 0.444 e. The van der Waals surface area contributed by atoms with Gasteiger partial charge in [0.2, 0.25) is 0 Å². The average molecular weight is 276 g/mol. The minimum atomic E-state index is -0.456. The zero-order valence-electron chi connectivity index (χ0n) is 12.5. The third-order valence-electron chi connectivity index (χ3n) is 2.48. The first-order valence-corrected chi connectivity index (χ1v) is 6.83. The molecule has 1 aromatic rings. The lowest BCUT2D eigenvalue weighted by molar-refractivity contribution is 0.0529. The van der Waals surface area contributed by atoms with Crippen LogP contribution in [0.5, 0.6) is 0 Å². The number of nitrogens with one attached hydrogen (secondary N) is 1. The number of alkyl carbamates (subject to hydrolysis) is 1. The first-order chi connectivity index (χ1) is 9.40. The van der Waals surface area contributed by atoms with Gasteiger partial charge in [-0.3, -0.25) is 0 Å². The summed E-state index contributed by atoms with van der Waals surface area (Å²) in [5.41, 5.74) is 7.36. The highest BCUT2D eigenvalue weighted by atomic mass is 16.6. The van der Waals surface area contributed by atoms with Gasteiger partial charge >= 0.3 is 6.09 Å². The molecule has 1 amide bonds. The van der Waals surface area contributed by atoms with Gasteiger partial charge in [0.15, 0.2) is 0 Å². The molecule has 0 heterocycles. The van der Waals surface area contributed by atoms with E-state index in [4.69, 9.17) is 10.5 Å². The second kappa shape index (κ2) is 7.70. The molecule has 0 aliphatic rings. The molecule has 0 aliphatic heterocycles. The standard InChI is InChI=1S/C16H24N2O2/c1-16(2,3)20-15(19)18-10-5-4-7-13-8-6-9-14(11-13)12-17/h4,6-9,11H,5,10,12,17H2,1-3H3,(H,18,19). The maximum atomic E-state index is 11.4. The Morgan fingerprint density at radius 2 is 2.15 bits per heavy atom. The molecular formula is C16H24N2O2. The van der Waals surface area contributed by atoms with Crippen LogP contribution in [-0.2, 0) is 11.3 Å². The fraction of sp³-hybridized carbons (Fsp3) is 0.438. The van der Waals surface area contributed by atoms with Crippen molar-refractivity contribution in [3.05, 3.63) is 41.5 Å². The number of ether oxygens (including phenoxy) is 1. The lowest BCUT2D eigenvalue weighted by atomic mass is 10.1. The molecule has 0 atom stereocenters. The van der Waals surface area contributed by atoms with E-state index >= 15 is 0 Å². The number of hydrogen-bond acceptors (Lipinski definition) is 3. The Hall–Kier alpha value is -1.81. The Labute approximate surface area is 121 Å². The first-order valence-electron chi connectivity index (χ1n) is 6.83. The van der Waals surface area contributed by atoms with Gasteiger partial charge in [0.05, 0.1) is 0 Å². The van der Waals surface area contributed by atoms with Gasteiger partial charge in [0.1, 0.15) is 5.60 Å². The van der Waals surface area contributed by atoms with Crippen LogP contribution in [0, 0.1) is 0 Å². The van der Waals surface area contributed by atoms with Crippen molar-refractivity contribution in [2.75, 3.05) is 6.54 Å². The monoisotopic (exact) mass is 276 g/mol. The zero-order chi connectivity index (χ0) is 15.0. The number of rotatable bonds is 5. The van der Waals surface area contributed by atoms with Crippen molar-refractivity contribution in [2.24, 2.45) is 5.73 Å². The zero-order valence-corrected chi connectivity index (χ0v) is 12.5. The van der Waals surface area contributed by atoms with Crippen molar-refractivity contribution in [1.82, 2.24) is 5.32 Å². The van der Waals surface area contributed by atoms with Gasteiger partial charge in [0, 0.05) is 13.1 Å². The molecule has 1 rings (SSSR count). The van der Waals surface area contributed by atoms with Crippen LogP contribution in [0.25, 0.3) is 6.08 Å². The SMILES string of the molecule is CC(C)(C)OC(=O)NCCC=Cc1cccc(CN)c1. The van der Waals surface area contributed by atoms with E-state index in [-0.39, 0.29) is 6.09 Å². The highest BCUT2D eigenvalue weighted by molar-refractivity contribution is 5.67. The molecule has 4 nitrogen and oxygen atoms in total. The van der Waals surface area contributed by atoms with Gasteiger partial charge < -0.3 is 15.8 Å². The van der Waals surface area contributed by atoms with Crippen LogP contribution >= 0.6 is 0 Å². The molecule has 0 radical (unpaired) electrons. The van der Waals surface area contributed by atoms with E-state index in [9.17, 15) is 4.79 Å². The minimum absolute atomic E-state index is 0.379. The summed E-state index contributed by atoms with van der Waals surface area (Å²) in [5, 5.41) is 2.72. The Morgan fingerprint density at radius 3 is 2.80 bits per heavy atom. The maximum absolute atomic E-state index is 11.4. The third-order valence-corrected chi connectivity index (χ3v) is 2.48. The highest BCUT2D eigenvalue weighted by Gasteiger charge is 2.14. The van der Waals surface area contributed by atoms with Gasteiger partial charge in [-0.15, -0.1) is 0 Å². The number of carbonyl (C=O) groups excluding carboxylic acids is 1. The summed E-state index contributed by atoms with van der Waals surface area (Å²) in [4.78, 5) is 11.4.